The van der Waals surface area contributed by atoms with E-state index < -0.39 is 28.7 Å². The smallest absolute Gasteiger partial charge is 0.293 e. The lowest BCUT2D eigenvalue weighted by molar-refractivity contribution is -0.128. The van der Waals surface area contributed by atoms with Crippen molar-refractivity contribution in [2.45, 2.75) is 38.5 Å². The number of hydrogen-bond acceptors (Lipinski definition) is 4. The predicted molar refractivity (Wildman–Crippen MR) is 80.2 cm³/mol. The zero-order chi connectivity index (χ0) is 17.4. The molecule has 0 bridgehead atoms. The summed E-state index contributed by atoms with van der Waals surface area (Å²) < 4.78 is 51.5. The lowest BCUT2D eigenvalue weighted by Gasteiger charge is -2.12. The Morgan fingerprint density at radius 3 is 2.26 bits per heavy atom. The summed E-state index contributed by atoms with van der Waals surface area (Å²) in [6.45, 7) is 4.76. The number of imidazole rings is 1. The average molecular weight is 342 g/mol. The van der Waals surface area contributed by atoms with Crippen LogP contribution in [-0.2, 0) is 21.2 Å². The number of ketones is 1. The van der Waals surface area contributed by atoms with Crippen LogP contribution in [0, 0.1) is 20.8 Å². The van der Waals surface area contributed by atoms with E-state index in [9.17, 15) is 22.0 Å². The zero-order valence-corrected chi connectivity index (χ0v) is 13.7. The summed E-state index contributed by atoms with van der Waals surface area (Å²) in [6.07, 6.45) is -3.84. The number of nitrogens with zero attached hydrogens (tertiary/aromatic N) is 2. The summed E-state index contributed by atoms with van der Waals surface area (Å²) >= 11 is 0. The molecule has 23 heavy (non-hydrogen) atoms. The molecule has 2 aromatic rings. The fourth-order valence-electron chi connectivity index (χ4n) is 2.27. The van der Waals surface area contributed by atoms with Crippen LogP contribution in [-0.4, -0.2) is 29.6 Å². The molecule has 124 valence electrons. The van der Waals surface area contributed by atoms with Crippen molar-refractivity contribution in [3.05, 3.63) is 47.0 Å². The SMILES string of the molecule is Cc1ccc(S(=O)(=O)n2c(C)nc(C)c2CC(=O)C(F)F)cc1. The zero-order valence-electron chi connectivity index (χ0n) is 12.9. The summed E-state index contributed by atoms with van der Waals surface area (Å²) in [7, 11) is -4.01. The van der Waals surface area contributed by atoms with Gasteiger partial charge in [-0.15, -0.1) is 0 Å². The maximum Gasteiger partial charge on any atom is 0.296 e. The van der Waals surface area contributed by atoms with Crippen LogP contribution in [0.15, 0.2) is 29.2 Å². The van der Waals surface area contributed by atoms with Crippen LogP contribution in [0.3, 0.4) is 0 Å². The van der Waals surface area contributed by atoms with E-state index in [2.05, 4.69) is 4.98 Å². The Hall–Kier alpha value is -2.09. The van der Waals surface area contributed by atoms with Gasteiger partial charge in [0.1, 0.15) is 5.82 Å². The Morgan fingerprint density at radius 2 is 1.74 bits per heavy atom. The second-order valence-electron chi connectivity index (χ2n) is 5.22. The molecule has 0 aliphatic rings. The third kappa shape index (κ3) is 3.31. The molecule has 0 aliphatic carbocycles. The van der Waals surface area contributed by atoms with Crippen LogP contribution in [0.5, 0.6) is 0 Å². The lowest BCUT2D eigenvalue weighted by atomic mass is 10.2. The molecule has 5 nitrogen and oxygen atoms in total. The Kier molecular flexibility index (Phi) is 4.65. The number of carbonyl (C=O) groups excluding carboxylic acids is 1. The van der Waals surface area contributed by atoms with E-state index in [4.69, 9.17) is 0 Å². The standard InChI is InChI=1S/C15H16F2N2O3S/c1-9-4-6-12(7-5-9)23(21,22)19-11(3)18-10(2)13(19)8-14(20)15(16)17/h4-7,15H,8H2,1-3H3. The van der Waals surface area contributed by atoms with Gasteiger partial charge < -0.3 is 0 Å². The minimum atomic E-state index is -4.01. The highest BCUT2D eigenvalue weighted by Gasteiger charge is 2.28. The molecule has 0 amide bonds. The number of aryl methyl sites for hydroxylation is 3. The molecule has 0 fully saturated rings. The minimum absolute atomic E-state index is 0.00865. The molecule has 0 atom stereocenters. The number of aromatic nitrogens is 2. The van der Waals surface area contributed by atoms with Gasteiger partial charge in [-0.3, -0.25) is 4.79 Å². The minimum Gasteiger partial charge on any atom is -0.293 e. The Morgan fingerprint density at radius 1 is 1.17 bits per heavy atom. The molecule has 0 spiro atoms. The van der Waals surface area contributed by atoms with Crippen molar-refractivity contribution in [2.75, 3.05) is 0 Å². The van der Waals surface area contributed by atoms with Crippen molar-refractivity contribution in [3.8, 4) is 0 Å². The van der Waals surface area contributed by atoms with Crippen LogP contribution in [0.1, 0.15) is 22.8 Å². The van der Waals surface area contributed by atoms with Gasteiger partial charge in [0.2, 0.25) is 5.78 Å². The molecule has 1 aromatic heterocycles. The maximum atomic E-state index is 12.8. The van der Waals surface area contributed by atoms with Gasteiger partial charge in [-0.1, -0.05) is 17.7 Å². The van der Waals surface area contributed by atoms with Gasteiger partial charge >= 0.3 is 0 Å². The number of benzene rings is 1. The first-order valence-electron chi connectivity index (χ1n) is 6.82. The first-order valence-corrected chi connectivity index (χ1v) is 8.26. The topological polar surface area (TPSA) is 69.0 Å². The highest BCUT2D eigenvalue weighted by Crippen LogP contribution is 2.22. The second kappa shape index (κ2) is 6.19. The molecule has 2 rings (SSSR count). The number of rotatable bonds is 5. The number of Topliss-reactive ketones (excluding diaryl/α,β-unsaturated/α-hetero) is 1. The molecule has 0 saturated heterocycles. The Labute approximate surface area is 133 Å². The molecular weight excluding hydrogens is 326 g/mol. The molecule has 1 heterocycles. The van der Waals surface area contributed by atoms with Gasteiger partial charge in [-0.2, -0.15) is 0 Å². The van der Waals surface area contributed by atoms with Gasteiger partial charge in [0.05, 0.1) is 22.7 Å². The third-order valence-electron chi connectivity index (χ3n) is 3.43. The quantitative estimate of drug-likeness (QED) is 0.837. The number of hydrogen-bond donors (Lipinski definition) is 0. The van der Waals surface area contributed by atoms with Crippen molar-refractivity contribution in [1.82, 2.24) is 8.96 Å². The summed E-state index contributed by atoms with van der Waals surface area (Å²) in [6, 6.07) is 6.13. The second-order valence-corrected chi connectivity index (χ2v) is 7.00. The molecule has 0 radical (unpaired) electrons. The van der Waals surface area contributed by atoms with Crippen molar-refractivity contribution in [3.63, 3.8) is 0 Å². The van der Waals surface area contributed by atoms with E-state index in [0.717, 1.165) is 9.54 Å². The number of carbonyl (C=O) groups is 1. The van der Waals surface area contributed by atoms with Crippen LogP contribution in [0.4, 0.5) is 8.78 Å². The summed E-state index contributed by atoms with van der Waals surface area (Å²) in [4.78, 5) is 15.4. The maximum absolute atomic E-state index is 12.8. The Balaban J connectivity index is 2.58. The monoisotopic (exact) mass is 342 g/mol. The molecule has 1 aromatic carbocycles. The van der Waals surface area contributed by atoms with E-state index in [-0.39, 0.29) is 22.1 Å². The van der Waals surface area contributed by atoms with E-state index in [0.29, 0.717) is 0 Å². The molecule has 0 N–H and O–H groups in total. The van der Waals surface area contributed by atoms with Gasteiger partial charge in [0.15, 0.2) is 0 Å². The molecular formula is C15H16F2N2O3S. The van der Waals surface area contributed by atoms with E-state index >= 15 is 0 Å². The van der Waals surface area contributed by atoms with Crippen LogP contribution >= 0.6 is 0 Å². The molecule has 0 unspecified atom stereocenters. The van der Waals surface area contributed by atoms with Gasteiger partial charge in [0, 0.05) is 0 Å². The highest BCUT2D eigenvalue weighted by atomic mass is 32.2. The van der Waals surface area contributed by atoms with E-state index in [1.165, 1.54) is 26.0 Å². The van der Waals surface area contributed by atoms with Crippen molar-refractivity contribution in [2.24, 2.45) is 0 Å². The number of halogens is 2. The summed E-state index contributed by atoms with van der Waals surface area (Å²) in [5.74, 6) is -1.21. The lowest BCUT2D eigenvalue weighted by Crippen LogP contribution is -2.21. The average Bonchev–Trinajstić information content (AvgIpc) is 2.74. The molecule has 8 heteroatoms. The van der Waals surface area contributed by atoms with Gasteiger partial charge in [-0.05, 0) is 32.9 Å². The Bertz CT molecular complexity index is 840. The van der Waals surface area contributed by atoms with Crippen LogP contribution in [0.25, 0.3) is 0 Å². The van der Waals surface area contributed by atoms with E-state index in [1.807, 2.05) is 6.92 Å². The molecule has 0 saturated carbocycles. The first kappa shape index (κ1) is 17.3. The van der Waals surface area contributed by atoms with Crippen LogP contribution < -0.4 is 0 Å². The summed E-state index contributed by atoms with van der Waals surface area (Å²) in [5.41, 5.74) is 1.09. The number of alkyl halides is 2. The largest absolute Gasteiger partial charge is 0.296 e. The predicted octanol–water partition coefficient (Wildman–Crippen LogP) is 2.42. The van der Waals surface area contributed by atoms with Crippen molar-refractivity contribution >= 4 is 15.8 Å². The van der Waals surface area contributed by atoms with Crippen molar-refractivity contribution < 1.29 is 22.0 Å². The van der Waals surface area contributed by atoms with Gasteiger partial charge in [-0.25, -0.2) is 26.2 Å². The fraction of sp³-hybridized carbons (Fsp3) is 0.333. The molecule has 0 aliphatic heterocycles. The van der Waals surface area contributed by atoms with Crippen molar-refractivity contribution in [1.29, 1.82) is 0 Å². The van der Waals surface area contributed by atoms with E-state index in [1.54, 1.807) is 12.1 Å². The fourth-order valence-corrected chi connectivity index (χ4v) is 3.84. The van der Waals surface area contributed by atoms with Crippen LogP contribution in [0.2, 0.25) is 0 Å². The highest BCUT2D eigenvalue weighted by molar-refractivity contribution is 7.90. The third-order valence-corrected chi connectivity index (χ3v) is 5.26. The summed E-state index contributed by atoms with van der Waals surface area (Å²) in [5, 5.41) is 0. The van der Waals surface area contributed by atoms with Gasteiger partial charge in [0.25, 0.3) is 16.4 Å². The first-order chi connectivity index (χ1) is 10.6. The normalized spacial score (nSPS) is 11.9.